The Labute approximate surface area is 136 Å². The first-order valence-corrected chi connectivity index (χ1v) is 7.51. The molecular formula is C14H15BrClN5. The van der Waals surface area contributed by atoms with Gasteiger partial charge in [-0.2, -0.15) is 0 Å². The monoisotopic (exact) mass is 367 g/mol. The summed E-state index contributed by atoms with van der Waals surface area (Å²) in [5.41, 5.74) is 6.53. The molecule has 0 aromatic carbocycles. The van der Waals surface area contributed by atoms with Crippen LogP contribution in [0.1, 0.15) is 12.0 Å². The van der Waals surface area contributed by atoms with Gasteiger partial charge in [0.1, 0.15) is 5.82 Å². The van der Waals surface area contributed by atoms with Crippen molar-refractivity contribution in [2.75, 3.05) is 11.4 Å². The maximum absolute atomic E-state index is 7.40. The molecule has 0 amide bonds. The highest BCUT2D eigenvalue weighted by Crippen LogP contribution is 2.27. The van der Waals surface area contributed by atoms with E-state index in [1.807, 2.05) is 23.2 Å². The van der Waals surface area contributed by atoms with Gasteiger partial charge in [-0.1, -0.05) is 17.7 Å². The topological polar surface area (TPSA) is 78.9 Å². The molecule has 0 aliphatic carbocycles. The van der Waals surface area contributed by atoms with Crippen LogP contribution < -0.4 is 10.6 Å². The zero-order chi connectivity index (χ0) is 15.2. The highest BCUT2D eigenvalue weighted by Gasteiger charge is 2.13. The van der Waals surface area contributed by atoms with E-state index in [9.17, 15) is 0 Å². The van der Waals surface area contributed by atoms with Gasteiger partial charge in [0.25, 0.3) is 0 Å². The van der Waals surface area contributed by atoms with E-state index in [1.54, 1.807) is 18.5 Å². The van der Waals surface area contributed by atoms with Gasteiger partial charge in [-0.05, 0) is 33.6 Å². The van der Waals surface area contributed by atoms with Crippen molar-refractivity contribution < 1.29 is 0 Å². The molecule has 7 heteroatoms. The summed E-state index contributed by atoms with van der Waals surface area (Å²) in [4.78, 5) is 10.5. The van der Waals surface area contributed by atoms with Crippen LogP contribution in [0.3, 0.4) is 0 Å². The third-order valence-corrected chi connectivity index (χ3v) is 3.63. The molecule has 110 valence electrons. The van der Waals surface area contributed by atoms with E-state index < -0.39 is 0 Å². The molecule has 0 unspecified atom stereocenters. The first kappa shape index (κ1) is 15.7. The zero-order valence-corrected chi connectivity index (χ0v) is 13.6. The fraction of sp³-hybridized carbons (Fsp3) is 0.214. The first-order valence-electron chi connectivity index (χ1n) is 6.34. The van der Waals surface area contributed by atoms with Crippen molar-refractivity contribution in [2.24, 2.45) is 5.73 Å². The van der Waals surface area contributed by atoms with Crippen molar-refractivity contribution in [1.82, 2.24) is 9.97 Å². The molecule has 0 aliphatic rings. The van der Waals surface area contributed by atoms with E-state index in [0.29, 0.717) is 24.5 Å². The van der Waals surface area contributed by atoms with E-state index in [-0.39, 0.29) is 5.84 Å². The third-order valence-electron chi connectivity index (χ3n) is 2.84. The lowest BCUT2D eigenvalue weighted by Gasteiger charge is -2.24. The van der Waals surface area contributed by atoms with Gasteiger partial charge < -0.3 is 10.6 Å². The minimum absolute atomic E-state index is 0.149. The largest absolute Gasteiger partial charge is 0.388 e. The van der Waals surface area contributed by atoms with Crippen LogP contribution in [-0.4, -0.2) is 22.3 Å². The SMILES string of the molecule is N=C(N)CCN(Cc1cccnc1)c1ncc(Cl)cc1Br. The molecule has 0 saturated heterocycles. The number of anilines is 1. The predicted molar refractivity (Wildman–Crippen MR) is 88.8 cm³/mol. The molecule has 0 radical (unpaired) electrons. The van der Waals surface area contributed by atoms with Gasteiger partial charge in [-0.3, -0.25) is 10.4 Å². The Balaban J connectivity index is 2.24. The molecule has 2 rings (SSSR count). The molecule has 0 atom stereocenters. The van der Waals surface area contributed by atoms with Crippen LogP contribution in [0.4, 0.5) is 5.82 Å². The molecule has 0 saturated carbocycles. The summed E-state index contributed by atoms with van der Waals surface area (Å²) in [6, 6.07) is 5.69. The van der Waals surface area contributed by atoms with Crippen LogP contribution in [0.2, 0.25) is 5.02 Å². The number of hydrogen-bond acceptors (Lipinski definition) is 4. The molecule has 5 nitrogen and oxygen atoms in total. The Hall–Kier alpha value is -1.66. The molecule has 2 heterocycles. The average molecular weight is 369 g/mol. The number of rotatable bonds is 6. The van der Waals surface area contributed by atoms with E-state index >= 15 is 0 Å². The minimum Gasteiger partial charge on any atom is -0.388 e. The predicted octanol–water partition coefficient (Wildman–Crippen LogP) is 3.23. The number of amidine groups is 1. The molecular weight excluding hydrogens is 354 g/mol. The van der Waals surface area contributed by atoms with Gasteiger partial charge in [0.2, 0.25) is 0 Å². The van der Waals surface area contributed by atoms with Crippen molar-refractivity contribution in [1.29, 1.82) is 5.41 Å². The maximum Gasteiger partial charge on any atom is 0.143 e. The molecule has 0 fully saturated rings. The van der Waals surface area contributed by atoms with E-state index in [0.717, 1.165) is 15.9 Å². The lowest BCUT2D eigenvalue weighted by atomic mass is 10.2. The van der Waals surface area contributed by atoms with Gasteiger partial charge in [0.15, 0.2) is 0 Å². The van der Waals surface area contributed by atoms with Crippen molar-refractivity contribution in [3.05, 3.63) is 51.8 Å². The Morgan fingerprint density at radius 3 is 2.86 bits per heavy atom. The molecule has 21 heavy (non-hydrogen) atoms. The summed E-state index contributed by atoms with van der Waals surface area (Å²) >= 11 is 9.41. The second kappa shape index (κ2) is 7.38. The zero-order valence-electron chi connectivity index (χ0n) is 11.3. The van der Waals surface area contributed by atoms with E-state index in [4.69, 9.17) is 22.7 Å². The Kier molecular flexibility index (Phi) is 5.52. The first-order chi connectivity index (χ1) is 10.1. The maximum atomic E-state index is 7.40. The fourth-order valence-electron chi connectivity index (χ4n) is 1.87. The smallest absolute Gasteiger partial charge is 0.143 e. The quantitative estimate of drug-likeness (QED) is 0.606. The van der Waals surface area contributed by atoms with Crippen LogP contribution in [0.25, 0.3) is 0 Å². The molecule has 2 aromatic heterocycles. The molecule has 0 aliphatic heterocycles. The number of nitrogens with one attached hydrogen (secondary N) is 1. The molecule has 2 aromatic rings. The fourth-order valence-corrected chi connectivity index (χ4v) is 2.76. The van der Waals surface area contributed by atoms with Gasteiger partial charge in [-0.15, -0.1) is 0 Å². The highest BCUT2D eigenvalue weighted by molar-refractivity contribution is 9.10. The molecule has 0 bridgehead atoms. The number of halogens is 2. The van der Waals surface area contributed by atoms with Crippen molar-refractivity contribution in [3.8, 4) is 0 Å². The third kappa shape index (κ3) is 4.68. The number of nitrogens with zero attached hydrogens (tertiary/aromatic N) is 3. The number of aromatic nitrogens is 2. The Morgan fingerprint density at radius 1 is 1.43 bits per heavy atom. The van der Waals surface area contributed by atoms with Crippen LogP contribution in [0.5, 0.6) is 0 Å². The lowest BCUT2D eigenvalue weighted by Crippen LogP contribution is -2.28. The Morgan fingerprint density at radius 2 is 2.24 bits per heavy atom. The van der Waals surface area contributed by atoms with E-state index in [2.05, 4.69) is 25.9 Å². The summed E-state index contributed by atoms with van der Waals surface area (Å²) in [5, 5.41) is 7.97. The van der Waals surface area contributed by atoms with Crippen molar-refractivity contribution >= 4 is 39.2 Å². The minimum atomic E-state index is 0.149. The van der Waals surface area contributed by atoms with Crippen LogP contribution in [-0.2, 0) is 6.54 Å². The lowest BCUT2D eigenvalue weighted by molar-refractivity contribution is 0.781. The van der Waals surface area contributed by atoms with Gasteiger partial charge in [0, 0.05) is 38.1 Å². The summed E-state index contributed by atoms with van der Waals surface area (Å²) in [6.45, 7) is 1.23. The summed E-state index contributed by atoms with van der Waals surface area (Å²) in [5.74, 6) is 0.917. The van der Waals surface area contributed by atoms with Gasteiger partial charge >= 0.3 is 0 Å². The van der Waals surface area contributed by atoms with Crippen LogP contribution in [0.15, 0.2) is 41.3 Å². The van der Waals surface area contributed by atoms with Crippen LogP contribution in [0, 0.1) is 5.41 Å². The average Bonchev–Trinajstić information content (AvgIpc) is 2.45. The van der Waals surface area contributed by atoms with Gasteiger partial charge in [-0.25, -0.2) is 4.98 Å². The summed E-state index contributed by atoms with van der Waals surface area (Å²) in [6.07, 6.45) is 5.62. The number of hydrogen-bond donors (Lipinski definition) is 2. The second-order valence-corrected chi connectivity index (χ2v) is 5.81. The van der Waals surface area contributed by atoms with Gasteiger partial charge in [0.05, 0.1) is 15.3 Å². The highest BCUT2D eigenvalue weighted by atomic mass is 79.9. The number of pyridine rings is 2. The van der Waals surface area contributed by atoms with E-state index in [1.165, 1.54) is 0 Å². The summed E-state index contributed by atoms with van der Waals surface area (Å²) in [7, 11) is 0. The number of nitrogens with two attached hydrogens (primary N) is 1. The standard InChI is InChI=1S/C14H15BrClN5/c15-12-6-11(16)8-20-14(12)21(5-3-13(17)18)9-10-2-1-4-19-7-10/h1-2,4,6-8H,3,5,9H2,(H3,17,18). The van der Waals surface area contributed by atoms with Crippen molar-refractivity contribution in [3.63, 3.8) is 0 Å². The molecule has 3 N–H and O–H groups in total. The summed E-state index contributed by atoms with van der Waals surface area (Å²) < 4.78 is 0.808. The molecule has 0 spiro atoms. The van der Waals surface area contributed by atoms with Crippen molar-refractivity contribution in [2.45, 2.75) is 13.0 Å². The second-order valence-electron chi connectivity index (χ2n) is 4.52. The van der Waals surface area contributed by atoms with Crippen LogP contribution >= 0.6 is 27.5 Å². The normalized spacial score (nSPS) is 10.4. The Bertz CT molecular complexity index is 620.